The number of halogens is 1. The number of nitrogens with zero attached hydrogens (tertiary/aromatic N) is 4. The highest BCUT2D eigenvalue weighted by molar-refractivity contribution is 7.98. The van der Waals surface area contributed by atoms with E-state index >= 15 is 0 Å². The number of oxazole rings is 1. The maximum atomic E-state index is 13.2. The molecule has 0 spiro atoms. The van der Waals surface area contributed by atoms with Crippen LogP contribution in [-0.4, -0.2) is 88.8 Å². The Morgan fingerprint density at radius 3 is 2.19 bits per heavy atom. The highest BCUT2D eigenvalue weighted by atomic mass is 35.5. The maximum Gasteiger partial charge on any atom is 0.408 e. The summed E-state index contributed by atoms with van der Waals surface area (Å²) >= 11 is 7.19. The van der Waals surface area contributed by atoms with E-state index in [1.54, 1.807) is 90.1 Å². The molecular weight excluding hydrogens is 934 g/mol. The Balaban J connectivity index is 1.46. The van der Waals surface area contributed by atoms with Gasteiger partial charge in [0, 0.05) is 34.7 Å². The third-order valence-electron chi connectivity index (χ3n) is 9.13. The molecular formula is C48H54ClN7O12S. The number of hydrogen-bond acceptors (Lipinski definition) is 17. The Morgan fingerprint density at radius 2 is 1.57 bits per heavy atom. The van der Waals surface area contributed by atoms with Crippen molar-refractivity contribution in [2.45, 2.75) is 109 Å². The van der Waals surface area contributed by atoms with Gasteiger partial charge in [0.2, 0.25) is 17.5 Å². The average Bonchev–Trinajstić information content (AvgIpc) is 3.75. The highest BCUT2D eigenvalue weighted by Crippen LogP contribution is 2.42. The summed E-state index contributed by atoms with van der Waals surface area (Å²) < 4.78 is 33.0. The van der Waals surface area contributed by atoms with Crippen molar-refractivity contribution in [3.8, 4) is 34.4 Å². The zero-order valence-electron chi connectivity index (χ0n) is 39.4. The molecule has 366 valence electrons. The SMILES string of the molecule is [C-]#[N+]c1c(N)nc(SCc2coc(-c3ccc(Cl)cc3)n2)c(C#N)c1-c1ccc(OC[C@@H](COC(=O)[C@H](C)CC(=O)CNC(=O)OC(C)(C)C)OC(=O)[C@H](C)NC(=O)CCC(=O)OC(C)(C)C)cc1. The topological polar surface area (TPSA) is 266 Å². The van der Waals surface area contributed by atoms with Crippen molar-refractivity contribution in [1.29, 1.82) is 5.26 Å². The predicted octanol–water partition coefficient (Wildman–Crippen LogP) is 7.93. The number of anilines is 1. The molecule has 69 heavy (non-hydrogen) atoms. The molecule has 0 aliphatic heterocycles. The molecule has 19 nitrogen and oxygen atoms in total. The number of Topliss-reactive ketones (excluding diaryl/α,β-unsaturated/α-hetero) is 1. The van der Waals surface area contributed by atoms with Crippen molar-refractivity contribution in [2.24, 2.45) is 5.92 Å². The van der Waals surface area contributed by atoms with E-state index in [-0.39, 0.29) is 71.6 Å². The Labute approximate surface area is 408 Å². The van der Waals surface area contributed by atoms with Crippen molar-refractivity contribution in [3.05, 3.63) is 82.5 Å². The first-order valence-electron chi connectivity index (χ1n) is 21.5. The van der Waals surface area contributed by atoms with Gasteiger partial charge in [0.05, 0.1) is 36.7 Å². The zero-order chi connectivity index (χ0) is 51.1. The predicted molar refractivity (Wildman–Crippen MR) is 254 cm³/mol. The van der Waals surface area contributed by atoms with E-state index in [0.717, 1.165) is 5.56 Å². The second-order valence-corrected chi connectivity index (χ2v) is 18.9. The Kier molecular flexibility index (Phi) is 19.5. The number of nitriles is 1. The van der Waals surface area contributed by atoms with Crippen LogP contribution in [0.5, 0.6) is 5.75 Å². The van der Waals surface area contributed by atoms with Crippen LogP contribution in [0.25, 0.3) is 27.4 Å². The molecule has 2 amide bonds. The molecule has 2 heterocycles. The number of thioether (sulfide) groups is 1. The minimum Gasteiger partial charge on any atom is -0.490 e. The normalized spacial score (nSPS) is 12.5. The van der Waals surface area contributed by atoms with Crippen molar-refractivity contribution >= 4 is 70.6 Å². The summed E-state index contributed by atoms with van der Waals surface area (Å²) in [6, 6.07) is 14.2. The first kappa shape index (κ1) is 54.4. The van der Waals surface area contributed by atoms with Crippen LogP contribution in [0.3, 0.4) is 0 Å². The van der Waals surface area contributed by atoms with Gasteiger partial charge >= 0.3 is 24.0 Å². The van der Waals surface area contributed by atoms with Crippen molar-refractivity contribution < 1.29 is 56.9 Å². The molecule has 4 N–H and O–H groups in total. The molecule has 0 bridgehead atoms. The second kappa shape index (κ2) is 24.7. The number of hydrogen-bond donors (Lipinski definition) is 3. The quantitative estimate of drug-likeness (QED) is 0.0309. The van der Waals surface area contributed by atoms with Crippen LogP contribution in [0, 0.1) is 23.8 Å². The summed E-state index contributed by atoms with van der Waals surface area (Å²) in [5, 5.41) is 16.0. The smallest absolute Gasteiger partial charge is 0.408 e. The van der Waals surface area contributed by atoms with Crippen LogP contribution < -0.4 is 21.1 Å². The number of benzene rings is 2. The third-order valence-corrected chi connectivity index (χ3v) is 10.4. The Hall–Kier alpha value is -7.16. The zero-order valence-corrected chi connectivity index (χ0v) is 41.0. The molecule has 2 aromatic carbocycles. The fraction of sp³-hybridized carbons (Fsp3) is 0.417. The summed E-state index contributed by atoms with van der Waals surface area (Å²) in [5.74, 6) is -3.57. The number of carbonyl (C=O) groups is 6. The number of ether oxygens (including phenoxy) is 5. The summed E-state index contributed by atoms with van der Waals surface area (Å²) in [6.07, 6.45) is -1.32. The fourth-order valence-electron chi connectivity index (χ4n) is 5.98. The Bertz CT molecular complexity index is 2580. The number of alkyl carbamates (subject to hydrolysis) is 1. The minimum atomic E-state index is -1.25. The van der Waals surface area contributed by atoms with Crippen LogP contribution in [0.1, 0.15) is 85.9 Å². The van der Waals surface area contributed by atoms with Crippen molar-refractivity contribution in [3.63, 3.8) is 0 Å². The van der Waals surface area contributed by atoms with Gasteiger partial charge in [-0.15, -0.1) is 0 Å². The number of rotatable bonds is 21. The van der Waals surface area contributed by atoms with Gasteiger partial charge in [0.15, 0.2) is 11.9 Å². The largest absolute Gasteiger partial charge is 0.490 e. The lowest BCUT2D eigenvalue weighted by atomic mass is 10.00. The van der Waals surface area contributed by atoms with Gasteiger partial charge in [-0.1, -0.05) is 42.4 Å². The molecule has 0 aliphatic carbocycles. The van der Waals surface area contributed by atoms with Gasteiger partial charge < -0.3 is 44.5 Å². The number of nitrogens with two attached hydrogens (primary N) is 1. The maximum absolute atomic E-state index is 13.2. The van der Waals surface area contributed by atoms with Gasteiger partial charge in [-0.2, -0.15) is 5.26 Å². The molecule has 21 heteroatoms. The lowest BCUT2D eigenvalue weighted by Crippen LogP contribution is -2.43. The Morgan fingerprint density at radius 1 is 0.913 bits per heavy atom. The van der Waals surface area contributed by atoms with Crippen molar-refractivity contribution in [2.75, 3.05) is 25.5 Å². The summed E-state index contributed by atoms with van der Waals surface area (Å²) in [5.41, 5.74) is 6.77. The third kappa shape index (κ3) is 17.8. The lowest BCUT2D eigenvalue weighted by molar-refractivity contribution is -0.164. The van der Waals surface area contributed by atoms with Crippen LogP contribution in [0.4, 0.5) is 16.3 Å². The first-order chi connectivity index (χ1) is 32.4. The molecule has 2 aromatic heterocycles. The second-order valence-electron chi connectivity index (χ2n) is 17.5. The van der Waals surface area contributed by atoms with Crippen LogP contribution in [-0.2, 0) is 48.7 Å². The number of carbonyl (C=O) groups excluding carboxylic acids is 6. The van der Waals surface area contributed by atoms with E-state index in [4.69, 9.17) is 52.0 Å². The molecule has 0 saturated heterocycles. The molecule has 0 radical (unpaired) electrons. The van der Waals surface area contributed by atoms with E-state index in [2.05, 4.69) is 31.5 Å². The van der Waals surface area contributed by atoms with Crippen LogP contribution in [0.15, 0.2) is 64.2 Å². The van der Waals surface area contributed by atoms with Crippen molar-refractivity contribution in [1.82, 2.24) is 20.6 Å². The number of nitrogen functional groups attached to an aromatic ring is 1. The van der Waals surface area contributed by atoms with E-state index in [1.165, 1.54) is 31.9 Å². The van der Waals surface area contributed by atoms with E-state index in [0.29, 0.717) is 22.2 Å². The number of pyridine rings is 1. The summed E-state index contributed by atoms with van der Waals surface area (Å²) in [6.45, 7) is 19.5. The number of aromatic nitrogens is 2. The van der Waals surface area contributed by atoms with Gasteiger partial charge in [0.1, 0.15) is 59.4 Å². The molecule has 3 atom stereocenters. The monoisotopic (exact) mass is 987 g/mol. The van der Waals surface area contributed by atoms with Gasteiger partial charge in [-0.05, 0) is 90.4 Å². The van der Waals surface area contributed by atoms with E-state index in [1.807, 2.05) is 0 Å². The molecule has 4 aromatic rings. The summed E-state index contributed by atoms with van der Waals surface area (Å²) in [4.78, 5) is 88.0. The number of amides is 2. The molecule has 0 saturated carbocycles. The number of ketones is 1. The minimum absolute atomic E-state index is 0.0360. The molecule has 0 fully saturated rings. The van der Waals surface area contributed by atoms with Gasteiger partial charge in [0.25, 0.3) is 0 Å². The number of esters is 3. The van der Waals surface area contributed by atoms with E-state index in [9.17, 15) is 34.0 Å². The van der Waals surface area contributed by atoms with Crippen LogP contribution >= 0.6 is 23.4 Å². The molecule has 0 aliphatic rings. The van der Waals surface area contributed by atoms with Crippen LogP contribution in [0.2, 0.25) is 5.02 Å². The fourth-order valence-corrected chi connectivity index (χ4v) is 6.98. The molecule has 0 unspecified atom stereocenters. The van der Waals surface area contributed by atoms with E-state index < -0.39 is 71.6 Å². The standard InChI is InChI=1S/C48H54ClN7O12S/c1-27(20-33(57)22-53-46(62)68-48(6,7)8)44(60)65-25-35(66-45(61)28(2)54-37(58)18-19-38(59)67-47(3,4)5)24-63-34-16-12-29(13-17-34)39-36(21-50)43(56-41(51)40(39)52-9)69-26-32-23-64-42(55-32)30-10-14-31(49)15-11-30/h10-17,23,27-28,35H,18-20,22,24-26H2,1-8H3,(H2,51,56)(H,53,62)(H,54,58)/t27-,28+,35+/m1/s1. The number of nitrogens with one attached hydrogen (secondary N) is 2. The van der Waals surface area contributed by atoms with Gasteiger partial charge in [-0.3, -0.25) is 19.2 Å². The lowest BCUT2D eigenvalue weighted by Gasteiger charge is -2.22. The molecule has 4 rings (SSSR count). The van der Waals surface area contributed by atoms with Gasteiger partial charge in [-0.25, -0.2) is 24.4 Å². The average molecular weight is 989 g/mol. The summed E-state index contributed by atoms with van der Waals surface area (Å²) in [7, 11) is 0. The first-order valence-corrected chi connectivity index (χ1v) is 22.9. The highest BCUT2D eigenvalue weighted by Gasteiger charge is 2.27.